The van der Waals surface area contributed by atoms with Crippen LogP contribution in [0.1, 0.15) is 36.5 Å². The molecule has 2 aromatic rings. The Morgan fingerprint density at radius 3 is 2.79 bits per heavy atom. The number of hydrogen-bond acceptors (Lipinski definition) is 3. The van der Waals surface area contributed by atoms with Crippen LogP contribution >= 0.6 is 11.6 Å². The highest BCUT2D eigenvalue weighted by molar-refractivity contribution is 6.30. The first-order valence-electron chi connectivity index (χ1n) is 8.28. The van der Waals surface area contributed by atoms with Gasteiger partial charge in [-0.1, -0.05) is 30.7 Å². The number of hydrogen-bond donors (Lipinski definition) is 2. The van der Waals surface area contributed by atoms with E-state index in [1.807, 2.05) is 23.1 Å². The topological polar surface area (TPSA) is 69.2 Å². The van der Waals surface area contributed by atoms with Gasteiger partial charge in [0.1, 0.15) is 0 Å². The maximum Gasteiger partial charge on any atom is 0.257 e. The number of aliphatic hydroxyl groups is 1. The number of H-pyrrole nitrogens is 1. The molecule has 6 heteroatoms. The minimum Gasteiger partial charge on any atom is -0.396 e. The molecule has 1 aliphatic rings. The number of nitrogens with zero attached hydrogens (tertiary/aromatic N) is 2. The molecule has 1 aliphatic heterocycles. The highest BCUT2D eigenvalue weighted by Gasteiger charge is 2.34. The van der Waals surface area contributed by atoms with Crippen LogP contribution in [0.2, 0.25) is 5.02 Å². The standard InChI is InChI=1S/C18H22ClN3O2/c1-2-18(12-23)6-8-22(9-7-18)17(24)15-11-20-21-16(15)13-4-3-5-14(19)10-13/h3-5,10-11,23H,2,6-9,12H2,1H3,(H,20,21). The van der Waals surface area contributed by atoms with Crippen LogP contribution < -0.4 is 0 Å². The van der Waals surface area contributed by atoms with Gasteiger partial charge >= 0.3 is 0 Å². The number of carbonyl (C=O) groups is 1. The van der Waals surface area contributed by atoms with Crippen molar-refractivity contribution in [2.75, 3.05) is 19.7 Å². The van der Waals surface area contributed by atoms with Crippen molar-refractivity contribution >= 4 is 17.5 Å². The van der Waals surface area contributed by atoms with Crippen LogP contribution in [0.25, 0.3) is 11.3 Å². The summed E-state index contributed by atoms with van der Waals surface area (Å²) >= 11 is 6.05. The largest absolute Gasteiger partial charge is 0.396 e. The molecule has 0 atom stereocenters. The van der Waals surface area contributed by atoms with Crippen molar-refractivity contribution in [3.8, 4) is 11.3 Å². The predicted molar refractivity (Wildman–Crippen MR) is 94.0 cm³/mol. The number of aliphatic hydroxyl groups excluding tert-OH is 1. The van der Waals surface area contributed by atoms with Crippen molar-refractivity contribution in [2.24, 2.45) is 5.41 Å². The normalized spacial score (nSPS) is 17.0. The molecule has 1 amide bonds. The van der Waals surface area contributed by atoms with Gasteiger partial charge in [-0.3, -0.25) is 9.89 Å². The van der Waals surface area contributed by atoms with E-state index in [1.54, 1.807) is 12.3 Å². The van der Waals surface area contributed by atoms with Gasteiger partial charge in [-0.05, 0) is 36.8 Å². The number of benzene rings is 1. The quantitative estimate of drug-likeness (QED) is 0.891. The molecule has 1 saturated heterocycles. The first-order chi connectivity index (χ1) is 11.6. The van der Waals surface area contributed by atoms with Crippen molar-refractivity contribution in [1.29, 1.82) is 0 Å². The molecule has 3 rings (SSSR count). The Kier molecular flexibility index (Phi) is 4.92. The van der Waals surface area contributed by atoms with Gasteiger partial charge in [0, 0.05) is 30.3 Å². The molecule has 0 aliphatic carbocycles. The minimum atomic E-state index is -0.0387. The van der Waals surface area contributed by atoms with E-state index in [0.29, 0.717) is 29.4 Å². The van der Waals surface area contributed by atoms with Crippen LogP contribution in [0.5, 0.6) is 0 Å². The average molecular weight is 348 g/mol. The van der Waals surface area contributed by atoms with Gasteiger partial charge in [-0.2, -0.15) is 5.10 Å². The number of halogens is 1. The van der Waals surface area contributed by atoms with E-state index in [1.165, 1.54) is 0 Å². The minimum absolute atomic E-state index is 0.0265. The molecular formula is C18H22ClN3O2. The summed E-state index contributed by atoms with van der Waals surface area (Å²) in [6.07, 6.45) is 4.17. The highest BCUT2D eigenvalue weighted by Crippen LogP contribution is 2.35. The van der Waals surface area contributed by atoms with Crippen molar-refractivity contribution in [3.63, 3.8) is 0 Å². The Bertz CT molecular complexity index is 715. The number of piperidine rings is 1. The zero-order chi connectivity index (χ0) is 17.2. The fraction of sp³-hybridized carbons (Fsp3) is 0.444. The van der Waals surface area contributed by atoms with Crippen molar-refractivity contribution < 1.29 is 9.90 Å². The zero-order valence-corrected chi connectivity index (χ0v) is 14.5. The number of aromatic amines is 1. The molecule has 1 aromatic heterocycles. The SMILES string of the molecule is CCC1(CO)CCN(C(=O)c2cn[nH]c2-c2cccc(Cl)c2)CC1. The Hall–Kier alpha value is -1.85. The third-order valence-corrected chi connectivity index (χ3v) is 5.41. The van der Waals surface area contributed by atoms with Gasteiger partial charge in [0.05, 0.1) is 17.5 Å². The Balaban J connectivity index is 1.79. The summed E-state index contributed by atoms with van der Waals surface area (Å²) in [6, 6.07) is 7.37. The second-order valence-corrected chi connectivity index (χ2v) is 6.91. The van der Waals surface area contributed by atoms with Crippen LogP contribution in [0.4, 0.5) is 0 Å². The van der Waals surface area contributed by atoms with Crippen molar-refractivity contribution in [2.45, 2.75) is 26.2 Å². The lowest BCUT2D eigenvalue weighted by Crippen LogP contribution is -2.44. The van der Waals surface area contributed by atoms with Crippen LogP contribution in [0.15, 0.2) is 30.5 Å². The molecule has 0 unspecified atom stereocenters. The van der Waals surface area contributed by atoms with E-state index in [2.05, 4.69) is 17.1 Å². The molecule has 1 fully saturated rings. The molecule has 128 valence electrons. The smallest absolute Gasteiger partial charge is 0.257 e. The van der Waals surface area contributed by atoms with E-state index in [-0.39, 0.29) is 17.9 Å². The third kappa shape index (κ3) is 3.19. The van der Waals surface area contributed by atoms with E-state index in [4.69, 9.17) is 11.6 Å². The fourth-order valence-electron chi connectivity index (χ4n) is 3.29. The lowest BCUT2D eigenvalue weighted by atomic mass is 9.77. The molecule has 5 nitrogen and oxygen atoms in total. The van der Waals surface area contributed by atoms with Crippen LogP contribution in [-0.4, -0.2) is 45.8 Å². The van der Waals surface area contributed by atoms with Crippen LogP contribution in [0.3, 0.4) is 0 Å². The number of amides is 1. The predicted octanol–water partition coefficient (Wildman–Crippen LogP) is 3.35. The number of carbonyl (C=O) groups excluding carboxylic acids is 1. The number of rotatable bonds is 4. The van der Waals surface area contributed by atoms with E-state index in [9.17, 15) is 9.90 Å². The fourth-order valence-corrected chi connectivity index (χ4v) is 3.48. The summed E-state index contributed by atoms with van der Waals surface area (Å²) in [4.78, 5) is 14.7. The summed E-state index contributed by atoms with van der Waals surface area (Å²) in [5.74, 6) is -0.0265. The van der Waals surface area contributed by atoms with Gasteiger partial charge in [0.2, 0.25) is 0 Å². The van der Waals surface area contributed by atoms with E-state index >= 15 is 0 Å². The molecule has 24 heavy (non-hydrogen) atoms. The molecule has 0 spiro atoms. The van der Waals surface area contributed by atoms with Gasteiger partial charge in [0.15, 0.2) is 0 Å². The molecule has 2 heterocycles. The molecule has 1 aromatic carbocycles. The summed E-state index contributed by atoms with van der Waals surface area (Å²) in [7, 11) is 0. The second kappa shape index (κ2) is 6.95. The highest BCUT2D eigenvalue weighted by atomic mass is 35.5. The Labute approximate surface area is 146 Å². The number of nitrogens with one attached hydrogen (secondary N) is 1. The van der Waals surface area contributed by atoms with Crippen LogP contribution in [0, 0.1) is 5.41 Å². The lowest BCUT2D eigenvalue weighted by molar-refractivity contribution is 0.0338. The molecule has 0 saturated carbocycles. The van der Waals surface area contributed by atoms with E-state index in [0.717, 1.165) is 24.8 Å². The monoisotopic (exact) mass is 347 g/mol. The summed E-state index contributed by atoms with van der Waals surface area (Å²) in [5, 5.41) is 17.2. The van der Waals surface area contributed by atoms with Gasteiger partial charge < -0.3 is 10.0 Å². The summed E-state index contributed by atoms with van der Waals surface area (Å²) in [5.41, 5.74) is 2.06. The van der Waals surface area contributed by atoms with E-state index < -0.39 is 0 Å². The van der Waals surface area contributed by atoms with Gasteiger partial charge in [0.25, 0.3) is 5.91 Å². The van der Waals surface area contributed by atoms with Crippen LogP contribution in [-0.2, 0) is 0 Å². The first-order valence-corrected chi connectivity index (χ1v) is 8.66. The molecule has 0 bridgehead atoms. The number of likely N-dealkylation sites (tertiary alicyclic amines) is 1. The maximum absolute atomic E-state index is 12.9. The Morgan fingerprint density at radius 2 is 2.17 bits per heavy atom. The van der Waals surface area contributed by atoms with Crippen molar-refractivity contribution in [3.05, 3.63) is 41.0 Å². The lowest BCUT2D eigenvalue weighted by Gasteiger charge is -2.40. The first kappa shape index (κ1) is 17.0. The molecule has 0 radical (unpaired) electrons. The van der Waals surface area contributed by atoms with Gasteiger partial charge in [-0.25, -0.2) is 0 Å². The van der Waals surface area contributed by atoms with Gasteiger partial charge in [-0.15, -0.1) is 0 Å². The summed E-state index contributed by atoms with van der Waals surface area (Å²) < 4.78 is 0. The molecule has 2 N–H and O–H groups in total. The third-order valence-electron chi connectivity index (χ3n) is 5.18. The van der Waals surface area contributed by atoms with Crippen molar-refractivity contribution in [1.82, 2.24) is 15.1 Å². The Morgan fingerprint density at radius 1 is 1.42 bits per heavy atom. The second-order valence-electron chi connectivity index (χ2n) is 6.47. The summed E-state index contributed by atoms with van der Waals surface area (Å²) in [6.45, 7) is 3.60. The zero-order valence-electron chi connectivity index (χ0n) is 13.8. The number of aromatic nitrogens is 2. The maximum atomic E-state index is 12.9. The average Bonchev–Trinajstić information content (AvgIpc) is 3.11. The molecular weight excluding hydrogens is 326 g/mol.